The number of hydrogen-bond acceptors (Lipinski definition) is 4. The summed E-state index contributed by atoms with van der Waals surface area (Å²) in [6, 6.07) is 2.46. The van der Waals surface area contributed by atoms with Gasteiger partial charge in [-0.25, -0.2) is 4.98 Å². The van der Waals surface area contributed by atoms with E-state index in [1.807, 2.05) is 23.6 Å². The number of aromatic nitrogens is 1. The molecule has 0 radical (unpaired) electrons. The van der Waals surface area contributed by atoms with Gasteiger partial charge in [0.05, 0.1) is 5.56 Å². The van der Waals surface area contributed by atoms with Crippen LogP contribution in [-0.4, -0.2) is 53.9 Å². The standard InChI is InChI=1S/C22H33F3N4O2/c1-3-12-29(13-4-2)21(31)7-5-6-20(30)27-18-10-14-28(15-11-18)19-9-8-17(16-26-19)22(23,24)25/h8-9,16,18H,3-7,10-15H2,1-2H3,(H,27,30). The zero-order chi connectivity index (χ0) is 22.9. The van der Waals surface area contributed by atoms with Crippen LogP contribution in [0.3, 0.4) is 0 Å². The normalized spacial score (nSPS) is 15.1. The maximum Gasteiger partial charge on any atom is 0.417 e. The first-order valence-corrected chi connectivity index (χ1v) is 11.1. The zero-order valence-electron chi connectivity index (χ0n) is 18.4. The molecule has 31 heavy (non-hydrogen) atoms. The average Bonchev–Trinajstić information content (AvgIpc) is 2.73. The van der Waals surface area contributed by atoms with E-state index in [1.54, 1.807) is 0 Å². The number of pyridine rings is 1. The third-order valence-electron chi connectivity index (χ3n) is 5.39. The Morgan fingerprint density at radius 3 is 2.29 bits per heavy atom. The smallest absolute Gasteiger partial charge is 0.356 e. The van der Waals surface area contributed by atoms with Crippen molar-refractivity contribution in [2.24, 2.45) is 0 Å². The Morgan fingerprint density at radius 1 is 1.13 bits per heavy atom. The monoisotopic (exact) mass is 442 g/mol. The minimum absolute atomic E-state index is 0.0329. The minimum atomic E-state index is -4.39. The molecule has 0 saturated carbocycles. The Hall–Kier alpha value is -2.32. The van der Waals surface area contributed by atoms with E-state index in [2.05, 4.69) is 10.3 Å². The van der Waals surface area contributed by atoms with Gasteiger partial charge in [-0.05, 0) is 44.2 Å². The number of nitrogens with zero attached hydrogens (tertiary/aromatic N) is 3. The molecule has 2 rings (SSSR count). The largest absolute Gasteiger partial charge is 0.417 e. The van der Waals surface area contributed by atoms with Gasteiger partial charge in [0, 0.05) is 51.3 Å². The highest BCUT2D eigenvalue weighted by atomic mass is 19.4. The van der Waals surface area contributed by atoms with Gasteiger partial charge in [0.1, 0.15) is 5.82 Å². The van der Waals surface area contributed by atoms with Crippen LogP contribution < -0.4 is 10.2 Å². The van der Waals surface area contributed by atoms with Crippen molar-refractivity contribution in [3.05, 3.63) is 23.9 Å². The number of piperidine rings is 1. The van der Waals surface area contributed by atoms with Crippen molar-refractivity contribution in [1.29, 1.82) is 0 Å². The summed E-state index contributed by atoms with van der Waals surface area (Å²) >= 11 is 0. The van der Waals surface area contributed by atoms with Crippen molar-refractivity contribution in [3.8, 4) is 0 Å². The van der Waals surface area contributed by atoms with E-state index in [4.69, 9.17) is 0 Å². The molecule has 0 unspecified atom stereocenters. The predicted octanol–water partition coefficient (Wildman–Crippen LogP) is 4.00. The molecule has 2 amide bonds. The summed E-state index contributed by atoms with van der Waals surface area (Å²) in [5, 5.41) is 3.01. The second-order valence-corrected chi connectivity index (χ2v) is 7.97. The van der Waals surface area contributed by atoms with Gasteiger partial charge in [0.15, 0.2) is 0 Å². The number of anilines is 1. The number of nitrogens with one attached hydrogen (secondary N) is 1. The molecule has 1 saturated heterocycles. The molecule has 1 N–H and O–H groups in total. The number of rotatable bonds is 10. The van der Waals surface area contributed by atoms with Gasteiger partial charge in [0.25, 0.3) is 0 Å². The molecule has 1 aromatic heterocycles. The summed E-state index contributed by atoms with van der Waals surface area (Å²) in [6.45, 7) is 6.83. The van der Waals surface area contributed by atoms with Crippen molar-refractivity contribution < 1.29 is 22.8 Å². The van der Waals surface area contributed by atoms with Gasteiger partial charge in [0.2, 0.25) is 11.8 Å². The number of carbonyl (C=O) groups excluding carboxylic acids is 2. The molecule has 2 heterocycles. The molecule has 0 spiro atoms. The summed E-state index contributed by atoms with van der Waals surface area (Å²) < 4.78 is 38.0. The lowest BCUT2D eigenvalue weighted by Crippen LogP contribution is -2.45. The maximum absolute atomic E-state index is 12.7. The van der Waals surface area contributed by atoms with Crippen molar-refractivity contribution in [2.45, 2.75) is 71.0 Å². The van der Waals surface area contributed by atoms with Crippen LogP contribution in [0.4, 0.5) is 19.0 Å². The Balaban J connectivity index is 1.70. The molecule has 1 aliphatic rings. The SMILES string of the molecule is CCCN(CCC)C(=O)CCCC(=O)NC1CCN(c2ccc(C(F)(F)F)cn2)CC1. The average molecular weight is 443 g/mol. The van der Waals surface area contributed by atoms with Gasteiger partial charge in [-0.2, -0.15) is 13.2 Å². The number of alkyl halides is 3. The maximum atomic E-state index is 12.7. The molecule has 9 heteroatoms. The van der Waals surface area contributed by atoms with Crippen molar-refractivity contribution in [2.75, 3.05) is 31.1 Å². The van der Waals surface area contributed by atoms with Crippen molar-refractivity contribution in [1.82, 2.24) is 15.2 Å². The minimum Gasteiger partial charge on any atom is -0.356 e. The fraction of sp³-hybridized carbons (Fsp3) is 0.682. The van der Waals surface area contributed by atoms with Gasteiger partial charge >= 0.3 is 6.18 Å². The fourth-order valence-corrected chi connectivity index (χ4v) is 3.75. The van der Waals surface area contributed by atoms with E-state index < -0.39 is 11.7 Å². The second kappa shape index (κ2) is 11.9. The van der Waals surface area contributed by atoms with Gasteiger partial charge in [-0.1, -0.05) is 13.8 Å². The molecule has 6 nitrogen and oxygen atoms in total. The van der Waals surface area contributed by atoms with Crippen molar-refractivity contribution in [3.63, 3.8) is 0 Å². The highest BCUT2D eigenvalue weighted by Gasteiger charge is 2.31. The van der Waals surface area contributed by atoms with Crippen LogP contribution in [0.1, 0.15) is 64.4 Å². The molecule has 0 aliphatic carbocycles. The Morgan fingerprint density at radius 2 is 1.77 bits per heavy atom. The third kappa shape index (κ3) is 8.03. The molecule has 1 aromatic rings. The first kappa shape index (κ1) is 24.9. The fourth-order valence-electron chi connectivity index (χ4n) is 3.75. The highest BCUT2D eigenvalue weighted by molar-refractivity contribution is 5.79. The highest BCUT2D eigenvalue weighted by Crippen LogP contribution is 2.29. The zero-order valence-corrected chi connectivity index (χ0v) is 18.4. The third-order valence-corrected chi connectivity index (χ3v) is 5.39. The summed E-state index contributed by atoms with van der Waals surface area (Å²) in [5.41, 5.74) is -0.760. The molecule has 174 valence electrons. The topological polar surface area (TPSA) is 65.5 Å². The molecule has 0 aromatic carbocycles. The Labute approximate surface area is 182 Å². The van der Waals surface area contributed by atoms with Crippen LogP contribution in [0.25, 0.3) is 0 Å². The van der Waals surface area contributed by atoms with Gasteiger partial charge in [-0.3, -0.25) is 9.59 Å². The van der Waals surface area contributed by atoms with Crippen LogP contribution in [0.2, 0.25) is 0 Å². The van der Waals surface area contributed by atoms with Gasteiger partial charge < -0.3 is 15.1 Å². The molecular weight excluding hydrogens is 409 g/mol. The predicted molar refractivity (Wildman–Crippen MR) is 114 cm³/mol. The summed E-state index contributed by atoms with van der Waals surface area (Å²) in [6.07, 6.45) is 0.944. The number of carbonyl (C=O) groups is 2. The Kier molecular flexibility index (Phi) is 9.58. The summed E-state index contributed by atoms with van der Waals surface area (Å²) in [5.74, 6) is 0.560. The Bertz CT molecular complexity index is 696. The van der Waals surface area contributed by atoms with Gasteiger partial charge in [-0.15, -0.1) is 0 Å². The van der Waals surface area contributed by atoms with Crippen LogP contribution in [0.15, 0.2) is 18.3 Å². The van der Waals surface area contributed by atoms with E-state index in [0.29, 0.717) is 51.0 Å². The van der Waals surface area contributed by atoms with E-state index >= 15 is 0 Å². The van der Waals surface area contributed by atoms with Crippen molar-refractivity contribution >= 4 is 17.6 Å². The first-order chi connectivity index (χ1) is 14.7. The molecular formula is C22H33F3N4O2. The molecule has 1 fully saturated rings. The summed E-state index contributed by atoms with van der Waals surface area (Å²) in [4.78, 5) is 32.2. The second-order valence-electron chi connectivity index (χ2n) is 7.97. The van der Waals surface area contributed by atoms with E-state index in [-0.39, 0.29) is 17.9 Å². The van der Waals surface area contributed by atoms with E-state index in [9.17, 15) is 22.8 Å². The lowest BCUT2D eigenvalue weighted by molar-refractivity contribution is -0.138. The lowest BCUT2D eigenvalue weighted by atomic mass is 10.0. The van der Waals surface area contributed by atoms with Crippen LogP contribution in [0.5, 0.6) is 0 Å². The summed E-state index contributed by atoms with van der Waals surface area (Å²) in [7, 11) is 0. The van der Waals surface area contributed by atoms with Crippen LogP contribution >= 0.6 is 0 Å². The molecule has 1 aliphatic heterocycles. The number of amides is 2. The van der Waals surface area contributed by atoms with E-state index in [1.165, 1.54) is 6.07 Å². The number of hydrogen-bond donors (Lipinski definition) is 1. The lowest BCUT2D eigenvalue weighted by Gasteiger charge is -2.33. The van der Waals surface area contributed by atoms with Crippen LogP contribution in [-0.2, 0) is 15.8 Å². The van der Waals surface area contributed by atoms with Crippen LogP contribution in [0, 0.1) is 0 Å². The van der Waals surface area contributed by atoms with E-state index in [0.717, 1.165) is 38.2 Å². The molecule has 0 atom stereocenters. The molecule has 0 bridgehead atoms. The first-order valence-electron chi connectivity index (χ1n) is 11.1. The quantitative estimate of drug-likeness (QED) is 0.595. The number of halogens is 3.